The van der Waals surface area contributed by atoms with Crippen LogP contribution in [-0.4, -0.2) is 51.0 Å². The van der Waals surface area contributed by atoms with Gasteiger partial charge < -0.3 is 9.64 Å². The van der Waals surface area contributed by atoms with Gasteiger partial charge in [0.1, 0.15) is 5.75 Å². The van der Waals surface area contributed by atoms with Gasteiger partial charge in [0.25, 0.3) is 0 Å². The number of rotatable bonds is 9. The van der Waals surface area contributed by atoms with E-state index in [1.165, 1.54) is 36.6 Å². The molecule has 7 heteroatoms. The molecule has 186 valence electrons. The highest BCUT2D eigenvalue weighted by atomic mass is 32.2. The number of hydrogen-bond donors (Lipinski definition) is 0. The minimum absolute atomic E-state index is 0.182. The summed E-state index contributed by atoms with van der Waals surface area (Å²) >= 11 is 1.47. The summed E-state index contributed by atoms with van der Waals surface area (Å²) in [7, 11) is 1.66. The summed E-state index contributed by atoms with van der Waals surface area (Å²) in [6.45, 7) is 7.22. The molecule has 1 saturated carbocycles. The van der Waals surface area contributed by atoms with Crippen molar-refractivity contribution in [3.63, 3.8) is 0 Å². The van der Waals surface area contributed by atoms with Gasteiger partial charge >= 0.3 is 0 Å². The number of amides is 1. The van der Waals surface area contributed by atoms with E-state index in [1.54, 1.807) is 7.11 Å². The minimum Gasteiger partial charge on any atom is -0.497 e. The first-order valence-corrected chi connectivity index (χ1v) is 13.6. The van der Waals surface area contributed by atoms with E-state index in [2.05, 4.69) is 58.6 Å². The molecule has 6 nitrogen and oxygen atoms in total. The smallest absolute Gasteiger partial charge is 0.233 e. The number of benzene rings is 2. The quantitative estimate of drug-likeness (QED) is 0.326. The van der Waals surface area contributed by atoms with Gasteiger partial charge in [-0.25, -0.2) is 0 Å². The molecule has 0 atom stereocenters. The normalized spacial score (nSPS) is 14.3. The highest BCUT2D eigenvalue weighted by Crippen LogP contribution is 2.33. The Hall–Kier alpha value is -2.80. The van der Waals surface area contributed by atoms with Gasteiger partial charge in [0.05, 0.1) is 18.6 Å². The summed E-state index contributed by atoms with van der Waals surface area (Å²) in [5.74, 6) is 2.43. The van der Waals surface area contributed by atoms with E-state index < -0.39 is 0 Å². The van der Waals surface area contributed by atoms with Crippen LogP contribution in [-0.2, 0) is 4.79 Å². The zero-order valence-electron chi connectivity index (χ0n) is 21.2. The molecule has 0 unspecified atom stereocenters. The Morgan fingerprint density at radius 3 is 2.46 bits per heavy atom. The maximum Gasteiger partial charge on any atom is 0.233 e. The zero-order valence-corrected chi connectivity index (χ0v) is 22.1. The number of ether oxygens (including phenoxy) is 1. The molecule has 3 aromatic rings. The monoisotopic (exact) mass is 492 g/mol. The first-order valence-electron chi connectivity index (χ1n) is 12.6. The van der Waals surface area contributed by atoms with Gasteiger partial charge in [-0.15, -0.1) is 10.2 Å². The van der Waals surface area contributed by atoms with Crippen molar-refractivity contribution < 1.29 is 9.53 Å². The molecule has 0 radical (unpaired) electrons. The number of aromatic nitrogens is 3. The molecule has 1 aromatic heterocycles. The fourth-order valence-electron chi connectivity index (χ4n) is 4.93. The summed E-state index contributed by atoms with van der Waals surface area (Å²) < 4.78 is 7.44. The van der Waals surface area contributed by atoms with Gasteiger partial charge in [-0.2, -0.15) is 0 Å². The van der Waals surface area contributed by atoms with Crippen LogP contribution in [0.2, 0.25) is 0 Å². The van der Waals surface area contributed by atoms with Crippen LogP contribution in [0.25, 0.3) is 17.1 Å². The van der Waals surface area contributed by atoms with Crippen LogP contribution in [0.4, 0.5) is 0 Å². The van der Waals surface area contributed by atoms with E-state index in [-0.39, 0.29) is 5.91 Å². The van der Waals surface area contributed by atoms with E-state index >= 15 is 0 Å². The van der Waals surface area contributed by atoms with Gasteiger partial charge in [-0.1, -0.05) is 63.1 Å². The summed E-state index contributed by atoms with van der Waals surface area (Å²) in [6, 6.07) is 16.6. The molecule has 4 rings (SSSR count). The second-order valence-electron chi connectivity index (χ2n) is 9.34. The van der Waals surface area contributed by atoms with Crippen molar-refractivity contribution >= 4 is 17.7 Å². The zero-order chi connectivity index (χ0) is 24.8. The topological polar surface area (TPSA) is 60.3 Å². The van der Waals surface area contributed by atoms with Gasteiger partial charge in [0.15, 0.2) is 11.0 Å². The third-order valence-corrected chi connectivity index (χ3v) is 7.70. The first kappa shape index (κ1) is 25.3. The second-order valence-corrected chi connectivity index (χ2v) is 10.3. The van der Waals surface area contributed by atoms with E-state index in [0.29, 0.717) is 17.7 Å². The van der Waals surface area contributed by atoms with E-state index in [4.69, 9.17) is 4.74 Å². The Kier molecular flexibility index (Phi) is 8.50. The predicted molar refractivity (Wildman–Crippen MR) is 142 cm³/mol. The van der Waals surface area contributed by atoms with Crippen LogP contribution in [0.3, 0.4) is 0 Å². The van der Waals surface area contributed by atoms with Crippen molar-refractivity contribution in [3.8, 4) is 22.8 Å². The second kappa shape index (κ2) is 11.8. The van der Waals surface area contributed by atoms with E-state index in [0.717, 1.165) is 47.4 Å². The molecule has 0 spiro atoms. The Bertz CT molecular complexity index is 1120. The number of carbonyl (C=O) groups excluding carboxylic acids is 1. The fraction of sp³-hybridized carbons (Fsp3) is 0.464. The number of hydrogen-bond acceptors (Lipinski definition) is 5. The lowest BCUT2D eigenvalue weighted by atomic mass is 9.94. The van der Waals surface area contributed by atoms with Crippen LogP contribution in [0, 0.1) is 0 Å². The molecule has 0 N–H and O–H groups in total. The Morgan fingerprint density at radius 1 is 1.09 bits per heavy atom. The lowest BCUT2D eigenvalue weighted by Crippen LogP contribution is -2.42. The summed E-state index contributed by atoms with van der Waals surface area (Å²) in [4.78, 5) is 15.3. The van der Waals surface area contributed by atoms with Crippen LogP contribution >= 0.6 is 11.8 Å². The van der Waals surface area contributed by atoms with Crippen molar-refractivity contribution in [1.29, 1.82) is 0 Å². The van der Waals surface area contributed by atoms with Crippen LogP contribution < -0.4 is 4.74 Å². The molecule has 1 fully saturated rings. The molecule has 1 heterocycles. The summed E-state index contributed by atoms with van der Waals surface area (Å²) in [6.07, 6.45) is 5.94. The SMILES string of the molecule is CCN(C(=O)CSc1nnc(-c2ccc(OC)cc2)n1-c1ccccc1C(C)C)C1CCCCC1. The fourth-order valence-corrected chi connectivity index (χ4v) is 5.76. The van der Waals surface area contributed by atoms with Gasteiger partial charge in [0, 0.05) is 18.2 Å². The largest absolute Gasteiger partial charge is 0.497 e. The Balaban J connectivity index is 1.66. The number of para-hydroxylation sites is 1. The van der Waals surface area contributed by atoms with Crippen LogP contribution in [0.1, 0.15) is 64.4 Å². The van der Waals surface area contributed by atoms with Gasteiger partial charge in [0.2, 0.25) is 5.91 Å². The molecule has 0 bridgehead atoms. The first-order chi connectivity index (χ1) is 17.0. The molecular weight excluding hydrogens is 456 g/mol. The minimum atomic E-state index is 0.182. The van der Waals surface area contributed by atoms with Crippen molar-refractivity contribution in [3.05, 3.63) is 54.1 Å². The maximum atomic E-state index is 13.3. The van der Waals surface area contributed by atoms with Gasteiger partial charge in [-0.3, -0.25) is 9.36 Å². The Labute approximate surface area is 213 Å². The number of nitrogens with zero attached hydrogens (tertiary/aromatic N) is 4. The lowest BCUT2D eigenvalue weighted by Gasteiger charge is -2.33. The average molecular weight is 493 g/mol. The standard InChI is InChI=1S/C28H36N4O2S/c1-5-31(22-11-7-6-8-12-22)26(33)19-35-28-30-29-27(21-15-17-23(34-4)18-16-21)32(28)25-14-10-9-13-24(25)20(2)3/h9-10,13-18,20,22H,5-8,11-12,19H2,1-4H3. The highest BCUT2D eigenvalue weighted by molar-refractivity contribution is 7.99. The van der Waals surface area contributed by atoms with Crippen molar-refractivity contribution in [2.75, 3.05) is 19.4 Å². The third kappa shape index (κ3) is 5.72. The van der Waals surface area contributed by atoms with Gasteiger partial charge in [-0.05, 0) is 61.6 Å². The number of thioether (sulfide) groups is 1. The van der Waals surface area contributed by atoms with E-state index in [1.807, 2.05) is 30.3 Å². The predicted octanol–water partition coefficient (Wildman–Crippen LogP) is 6.34. The number of carbonyl (C=O) groups is 1. The molecular formula is C28H36N4O2S. The van der Waals surface area contributed by atoms with Crippen LogP contribution in [0.5, 0.6) is 5.75 Å². The van der Waals surface area contributed by atoms with Crippen molar-refractivity contribution in [2.24, 2.45) is 0 Å². The molecule has 35 heavy (non-hydrogen) atoms. The van der Waals surface area contributed by atoms with Crippen LogP contribution in [0.15, 0.2) is 53.7 Å². The average Bonchev–Trinajstić information content (AvgIpc) is 3.32. The van der Waals surface area contributed by atoms with E-state index in [9.17, 15) is 4.79 Å². The molecule has 2 aromatic carbocycles. The molecule has 1 aliphatic rings. The molecule has 1 aliphatic carbocycles. The van der Waals surface area contributed by atoms with Crippen molar-refractivity contribution in [1.82, 2.24) is 19.7 Å². The molecule has 0 aliphatic heterocycles. The lowest BCUT2D eigenvalue weighted by molar-refractivity contribution is -0.131. The Morgan fingerprint density at radius 2 is 1.80 bits per heavy atom. The highest BCUT2D eigenvalue weighted by Gasteiger charge is 2.26. The maximum absolute atomic E-state index is 13.3. The van der Waals surface area contributed by atoms with Crippen molar-refractivity contribution in [2.45, 2.75) is 70.0 Å². The summed E-state index contributed by atoms with van der Waals surface area (Å²) in [5, 5.41) is 9.87. The molecule has 1 amide bonds. The molecule has 0 saturated heterocycles. The summed E-state index contributed by atoms with van der Waals surface area (Å²) in [5.41, 5.74) is 3.22. The number of methoxy groups -OCH3 is 1. The third-order valence-electron chi connectivity index (χ3n) is 6.78.